The summed E-state index contributed by atoms with van der Waals surface area (Å²) in [6.45, 7) is 2.98. The van der Waals surface area contributed by atoms with Gasteiger partial charge < -0.3 is 4.90 Å². The molecule has 1 saturated heterocycles. The normalized spacial score (nSPS) is 22.5. The lowest BCUT2D eigenvalue weighted by molar-refractivity contribution is -0.134. The summed E-state index contributed by atoms with van der Waals surface area (Å²) in [6.07, 6.45) is 7.52. The number of carbonyl (C=O) groups excluding carboxylic acids is 1. The molecule has 0 bridgehead atoms. The molecule has 1 saturated carbocycles. The number of benzene rings is 1. The Morgan fingerprint density at radius 2 is 2.04 bits per heavy atom. The maximum atomic E-state index is 12.9. The number of hydrogen-bond acceptors (Lipinski definition) is 5. The Kier molecular flexibility index (Phi) is 5.99. The van der Waals surface area contributed by atoms with E-state index in [9.17, 15) is 4.79 Å². The molecule has 7 heteroatoms. The van der Waals surface area contributed by atoms with Gasteiger partial charge in [-0.15, -0.1) is 5.10 Å². The summed E-state index contributed by atoms with van der Waals surface area (Å²) in [7, 11) is 0. The lowest BCUT2D eigenvalue weighted by Gasteiger charge is -2.44. The van der Waals surface area contributed by atoms with Gasteiger partial charge in [0.15, 0.2) is 8.29 Å². The van der Waals surface area contributed by atoms with Gasteiger partial charge in [-0.25, -0.2) is 4.68 Å². The Labute approximate surface area is 174 Å². The molecule has 1 aliphatic carbocycles. The predicted molar refractivity (Wildman–Crippen MR) is 114 cm³/mol. The first-order valence-electron chi connectivity index (χ1n) is 9.72. The third kappa shape index (κ3) is 4.15. The fraction of sp³-hybridized carbons (Fsp3) is 0.550. The zero-order valence-corrected chi connectivity index (χ0v) is 18.0. The fourth-order valence-electron chi connectivity index (χ4n) is 4.41. The third-order valence-electron chi connectivity index (χ3n) is 5.76. The maximum Gasteiger partial charge on any atom is 0.233 e. The molecule has 0 unspecified atom stereocenters. The summed E-state index contributed by atoms with van der Waals surface area (Å²) in [4.78, 5) is 15.1. The number of rotatable bonds is 4. The van der Waals surface area contributed by atoms with E-state index in [0.717, 1.165) is 38.4 Å². The van der Waals surface area contributed by atoms with Crippen LogP contribution < -0.4 is 0 Å². The minimum absolute atomic E-state index is 0.264. The van der Waals surface area contributed by atoms with Crippen molar-refractivity contribution in [3.63, 3.8) is 0 Å². The summed E-state index contributed by atoms with van der Waals surface area (Å²) in [5, 5.41) is 4.66. The Morgan fingerprint density at radius 3 is 2.89 bits per heavy atom. The summed E-state index contributed by atoms with van der Waals surface area (Å²) in [5.74, 6) is 1.45. The molecule has 0 radical (unpaired) electrons. The van der Waals surface area contributed by atoms with Gasteiger partial charge >= 0.3 is 0 Å². The van der Waals surface area contributed by atoms with E-state index in [1.54, 1.807) is 0 Å². The molecule has 2 aromatic rings. The molecular formula is C20H25N3OS3. The van der Waals surface area contributed by atoms with E-state index in [-0.39, 0.29) is 5.91 Å². The lowest BCUT2D eigenvalue weighted by atomic mass is 9.78. The van der Waals surface area contributed by atoms with Crippen molar-refractivity contribution in [1.29, 1.82) is 0 Å². The van der Waals surface area contributed by atoms with Crippen LogP contribution in [0.25, 0.3) is 5.69 Å². The minimum Gasteiger partial charge on any atom is -0.339 e. The van der Waals surface area contributed by atoms with Crippen molar-refractivity contribution in [3.05, 3.63) is 33.8 Å². The second-order valence-corrected chi connectivity index (χ2v) is 10.3. The number of fused-ring (bicyclic) bond motifs is 1. The molecule has 4 nitrogen and oxygen atoms in total. The zero-order valence-electron chi connectivity index (χ0n) is 15.6. The van der Waals surface area contributed by atoms with Gasteiger partial charge in [0.2, 0.25) is 5.91 Å². The highest BCUT2D eigenvalue weighted by Gasteiger charge is 2.35. The summed E-state index contributed by atoms with van der Waals surface area (Å²) >= 11 is 8.52. The topological polar surface area (TPSA) is 38.1 Å². The van der Waals surface area contributed by atoms with Crippen molar-refractivity contribution in [3.8, 4) is 5.69 Å². The fourth-order valence-corrected chi connectivity index (χ4v) is 6.65. The van der Waals surface area contributed by atoms with Gasteiger partial charge in [0, 0.05) is 12.6 Å². The van der Waals surface area contributed by atoms with Gasteiger partial charge in [-0.3, -0.25) is 4.79 Å². The first-order chi connectivity index (χ1) is 13.1. The summed E-state index contributed by atoms with van der Waals surface area (Å²) in [6, 6.07) is 8.57. The molecule has 1 aliphatic heterocycles. The highest BCUT2D eigenvalue weighted by Crippen LogP contribution is 2.36. The Balaban J connectivity index is 1.43. The van der Waals surface area contributed by atoms with Crippen molar-refractivity contribution < 1.29 is 4.79 Å². The van der Waals surface area contributed by atoms with Crippen molar-refractivity contribution in [2.75, 3.05) is 12.3 Å². The van der Waals surface area contributed by atoms with Gasteiger partial charge in [-0.2, -0.15) is 0 Å². The molecule has 2 atom stereocenters. The van der Waals surface area contributed by atoms with Crippen LogP contribution in [0, 0.1) is 16.8 Å². The number of hydrogen-bond donors (Lipinski definition) is 0. The number of aryl methyl sites for hydroxylation is 1. The molecule has 0 spiro atoms. The average molecular weight is 420 g/mol. The van der Waals surface area contributed by atoms with Crippen LogP contribution in [0.4, 0.5) is 0 Å². The van der Waals surface area contributed by atoms with Gasteiger partial charge in [-0.05, 0) is 62.4 Å². The van der Waals surface area contributed by atoms with Crippen molar-refractivity contribution in [2.24, 2.45) is 5.92 Å². The van der Waals surface area contributed by atoms with E-state index in [0.29, 0.717) is 11.8 Å². The molecule has 1 aromatic heterocycles. The van der Waals surface area contributed by atoms with E-state index < -0.39 is 0 Å². The van der Waals surface area contributed by atoms with Crippen LogP contribution in [-0.4, -0.2) is 38.9 Å². The van der Waals surface area contributed by atoms with Gasteiger partial charge in [0.1, 0.15) is 0 Å². The van der Waals surface area contributed by atoms with E-state index in [4.69, 9.17) is 12.2 Å². The second kappa shape index (κ2) is 8.45. The lowest BCUT2D eigenvalue weighted by Crippen LogP contribution is -2.50. The number of carbonyl (C=O) groups is 1. The molecule has 27 heavy (non-hydrogen) atoms. The largest absolute Gasteiger partial charge is 0.339 e. The number of piperidine rings is 1. The molecule has 4 rings (SSSR count). The van der Waals surface area contributed by atoms with Crippen LogP contribution in [-0.2, 0) is 4.79 Å². The Morgan fingerprint density at radius 1 is 1.26 bits per heavy atom. The van der Waals surface area contributed by atoms with Crippen molar-refractivity contribution in [1.82, 2.24) is 14.7 Å². The number of para-hydroxylation sites is 1. The molecular weight excluding hydrogens is 394 g/mol. The second-order valence-electron chi connectivity index (χ2n) is 7.46. The van der Waals surface area contributed by atoms with Crippen LogP contribution >= 0.6 is 35.3 Å². The zero-order chi connectivity index (χ0) is 18.8. The molecule has 0 N–H and O–H groups in total. The number of thioether (sulfide) groups is 1. The molecule has 1 aromatic carbocycles. The molecule has 2 aliphatic rings. The van der Waals surface area contributed by atoms with Crippen LogP contribution in [0.5, 0.6) is 0 Å². The smallest absolute Gasteiger partial charge is 0.233 e. The van der Waals surface area contributed by atoms with E-state index in [1.807, 2.05) is 22.9 Å². The molecule has 2 fully saturated rings. The minimum atomic E-state index is 0.264. The standard InChI is InChI=1S/C20H25N3OS3/c1-14-7-2-4-10-16(14)23-20(25)27-19(21-23)26-13-18(24)22-12-6-9-15-8-3-5-11-17(15)22/h2,4,7,10,15,17H,3,5-6,8-9,11-13H2,1H3/t15-,17-/m0/s1. The summed E-state index contributed by atoms with van der Waals surface area (Å²) in [5.41, 5.74) is 2.15. The number of nitrogens with zero attached hydrogens (tertiary/aromatic N) is 3. The van der Waals surface area contributed by atoms with Crippen molar-refractivity contribution >= 4 is 41.2 Å². The van der Waals surface area contributed by atoms with Crippen LogP contribution in [0.3, 0.4) is 0 Å². The molecule has 1 amide bonds. The Hall–Kier alpha value is -1.18. The third-order valence-corrected chi connectivity index (χ3v) is 8.11. The SMILES string of the molecule is Cc1ccccc1-n1nc(SCC(=O)N2CCC[C@@H]3CCCC[C@@H]32)sc1=S. The summed E-state index contributed by atoms with van der Waals surface area (Å²) < 4.78 is 3.42. The van der Waals surface area contributed by atoms with Gasteiger partial charge in [-0.1, -0.05) is 54.1 Å². The number of aromatic nitrogens is 2. The first kappa shape index (κ1) is 19.2. The van der Waals surface area contributed by atoms with Gasteiger partial charge in [0.05, 0.1) is 11.4 Å². The van der Waals surface area contributed by atoms with Gasteiger partial charge in [0.25, 0.3) is 0 Å². The van der Waals surface area contributed by atoms with E-state index >= 15 is 0 Å². The van der Waals surface area contributed by atoms with E-state index in [2.05, 4.69) is 23.0 Å². The quantitative estimate of drug-likeness (QED) is 0.501. The van der Waals surface area contributed by atoms with E-state index in [1.165, 1.54) is 55.2 Å². The number of likely N-dealkylation sites (tertiary alicyclic amines) is 1. The Bertz CT molecular complexity index is 873. The van der Waals surface area contributed by atoms with Crippen molar-refractivity contribution in [2.45, 2.75) is 55.8 Å². The number of amides is 1. The van der Waals surface area contributed by atoms with Crippen LogP contribution in [0.1, 0.15) is 44.1 Å². The highest BCUT2D eigenvalue weighted by atomic mass is 32.2. The highest BCUT2D eigenvalue weighted by molar-refractivity contribution is 8.01. The molecule has 144 valence electrons. The molecule has 2 heterocycles. The maximum absolute atomic E-state index is 12.9. The monoisotopic (exact) mass is 419 g/mol. The average Bonchev–Trinajstić information content (AvgIpc) is 3.06. The first-order valence-corrected chi connectivity index (χ1v) is 11.9. The predicted octanol–water partition coefficient (Wildman–Crippen LogP) is 5.25. The van der Waals surface area contributed by atoms with Crippen LogP contribution in [0.15, 0.2) is 28.6 Å². The van der Waals surface area contributed by atoms with Crippen LogP contribution in [0.2, 0.25) is 0 Å².